The fraction of sp³-hybridized carbons (Fsp3) is 0.273. The van der Waals surface area contributed by atoms with Crippen LogP contribution in [0.2, 0.25) is 0 Å². The van der Waals surface area contributed by atoms with E-state index >= 15 is 0 Å². The molecule has 1 fully saturated rings. The molecule has 0 bridgehead atoms. The summed E-state index contributed by atoms with van der Waals surface area (Å²) in [6.07, 6.45) is 0. The van der Waals surface area contributed by atoms with E-state index < -0.39 is 11.8 Å². The third kappa shape index (κ3) is 1.90. The Labute approximate surface area is 91.5 Å². The van der Waals surface area contributed by atoms with Crippen molar-refractivity contribution in [2.24, 2.45) is 0 Å². The van der Waals surface area contributed by atoms with Crippen molar-refractivity contribution in [3.8, 4) is 0 Å². The van der Waals surface area contributed by atoms with E-state index in [0.29, 0.717) is 11.5 Å². The van der Waals surface area contributed by atoms with E-state index in [2.05, 4.69) is 0 Å². The first-order valence-electron chi connectivity index (χ1n) is 4.64. The molecule has 1 heterocycles. The smallest absolute Gasteiger partial charge is 0.377 e. The Balaban J connectivity index is 2.37. The lowest BCUT2D eigenvalue weighted by atomic mass is 9.94. The van der Waals surface area contributed by atoms with E-state index in [-0.39, 0.29) is 0 Å². The number of Topliss-reactive ketones (excluding diaryl/α,β-unsaturated/α-hetero) is 1. The minimum Gasteiger partial charge on any atom is -0.475 e. The van der Waals surface area contributed by atoms with Gasteiger partial charge in [-0.25, -0.2) is 4.79 Å². The highest BCUT2D eigenvalue weighted by Crippen LogP contribution is 2.35. The van der Waals surface area contributed by atoms with Gasteiger partial charge in [0.25, 0.3) is 5.78 Å². The molecule has 0 amide bonds. The van der Waals surface area contributed by atoms with E-state index in [0.717, 1.165) is 17.1 Å². The van der Waals surface area contributed by atoms with Crippen LogP contribution in [-0.2, 0) is 4.79 Å². The number of carbonyl (C=O) groups excluding carboxylic acids is 1. The Kier molecular flexibility index (Phi) is 2.77. The largest absolute Gasteiger partial charge is 0.475 e. The second kappa shape index (κ2) is 4.06. The predicted molar refractivity (Wildman–Crippen MR) is 58.5 cm³/mol. The summed E-state index contributed by atoms with van der Waals surface area (Å²) in [5.41, 5.74) is 1.22. The van der Waals surface area contributed by atoms with Crippen molar-refractivity contribution in [3.63, 3.8) is 0 Å². The van der Waals surface area contributed by atoms with Crippen LogP contribution in [0.3, 0.4) is 0 Å². The third-order valence-electron chi connectivity index (χ3n) is 2.48. The maximum absolute atomic E-state index is 11.4. The molecule has 0 saturated carbocycles. The third-order valence-corrected chi connectivity index (χ3v) is 3.75. The number of rotatable bonds is 3. The molecule has 15 heavy (non-hydrogen) atoms. The minimum absolute atomic E-state index is 0.342. The van der Waals surface area contributed by atoms with Crippen LogP contribution in [0.4, 0.5) is 0 Å². The summed E-state index contributed by atoms with van der Waals surface area (Å²) < 4.78 is 0. The van der Waals surface area contributed by atoms with Gasteiger partial charge in [-0.1, -0.05) is 24.3 Å². The SMILES string of the molecule is O=C(O)C(=O)c1ccccc1C1CSC1. The Hall–Kier alpha value is -1.29. The Morgan fingerprint density at radius 3 is 2.47 bits per heavy atom. The van der Waals surface area contributed by atoms with Gasteiger partial charge in [-0.15, -0.1) is 0 Å². The first kappa shape index (κ1) is 10.2. The van der Waals surface area contributed by atoms with Crippen LogP contribution in [0.5, 0.6) is 0 Å². The molecule has 78 valence electrons. The fourth-order valence-corrected chi connectivity index (χ4v) is 2.42. The number of carboxylic acids is 1. The molecular weight excluding hydrogens is 212 g/mol. The average molecular weight is 222 g/mol. The van der Waals surface area contributed by atoms with E-state index in [1.807, 2.05) is 23.9 Å². The molecule has 4 heteroatoms. The molecular formula is C11H10O3S. The van der Waals surface area contributed by atoms with E-state index in [1.54, 1.807) is 12.1 Å². The monoisotopic (exact) mass is 222 g/mol. The average Bonchev–Trinajstić information content (AvgIpc) is 2.15. The number of ketones is 1. The van der Waals surface area contributed by atoms with Crippen molar-refractivity contribution in [1.82, 2.24) is 0 Å². The molecule has 1 saturated heterocycles. The lowest BCUT2D eigenvalue weighted by Gasteiger charge is -2.26. The molecule has 0 atom stereocenters. The normalized spacial score (nSPS) is 15.7. The molecule has 0 aromatic heterocycles. The summed E-state index contributed by atoms with van der Waals surface area (Å²) >= 11 is 1.81. The van der Waals surface area contributed by atoms with Gasteiger partial charge in [-0.3, -0.25) is 4.79 Å². The maximum atomic E-state index is 11.4. The molecule has 1 aromatic rings. The molecule has 1 N–H and O–H groups in total. The Bertz CT molecular complexity index is 410. The summed E-state index contributed by atoms with van der Waals surface area (Å²) in [6.45, 7) is 0. The zero-order valence-corrected chi connectivity index (χ0v) is 8.79. The van der Waals surface area contributed by atoms with Crippen molar-refractivity contribution < 1.29 is 14.7 Å². The van der Waals surface area contributed by atoms with Crippen molar-refractivity contribution in [3.05, 3.63) is 35.4 Å². The maximum Gasteiger partial charge on any atom is 0.377 e. The quantitative estimate of drug-likeness (QED) is 0.625. The topological polar surface area (TPSA) is 54.4 Å². The number of hydrogen-bond acceptors (Lipinski definition) is 3. The minimum atomic E-state index is -1.38. The number of benzene rings is 1. The molecule has 2 rings (SSSR count). The molecule has 3 nitrogen and oxygen atoms in total. The number of thioether (sulfide) groups is 1. The first-order chi connectivity index (χ1) is 7.20. The van der Waals surface area contributed by atoms with Crippen LogP contribution in [0, 0.1) is 0 Å². The van der Waals surface area contributed by atoms with E-state index in [9.17, 15) is 9.59 Å². The molecule has 0 aliphatic carbocycles. The van der Waals surface area contributed by atoms with Crippen molar-refractivity contribution in [2.45, 2.75) is 5.92 Å². The van der Waals surface area contributed by atoms with Gasteiger partial charge in [0.05, 0.1) is 0 Å². The zero-order chi connectivity index (χ0) is 10.8. The van der Waals surface area contributed by atoms with Gasteiger partial charge >= 0.3 is 5.97 Å². The van der Waals surface area contributed by atoms with Crippen LogP contribution in [0.15, 0.2) is 24.3 Å². The lowest BCUT2D eigenvalue weighted by molar-refractivity contribution is -0.131. The molecule has 1 aliphatic rings. The van der Waals surface area contributed by atoms with Crippen molar-refractivity contribution in [2.75, 3.05) is 11.5 Å². The van der Waals surface area contributed by atoms with Gasteiger partial charge in [0.2, 0.25) is 0 Å². The zero-order valence-electron chi connectivity index (χ0n) is 7.97. The number of aliphatic carboxylic acids is 1. The Morgan fingerprint density at radius 2 is 1.93 bits per heavy atom. The molecule has 1 aliphatic heterocycles. The molecule has 0 spiro atoms. The van der Waals surface area contributed by atoms with Gasteiger partial charge in [0, 0.05) is 23.0 Å². The Morgan fingerprint density at radius 1 is 1.27 bits per heavy atom. The summed E-state index contributed by atoms with van der Waals surface area (Å²) in [4.78, 5) is 22.0. The summed E-state index contributed by atoms with van der Waals surface area (Å²) in [6, 6.07) is 6.98. The number of hydrogen-bond donors (Lipinski definition) is 1. The number of carboxylic acid groups (broad SMARTS) is 1. The van der Waals surface area contributed by atoms with Crippen LogP contribution in [-0.4, -0.2) is 28.4 Å². The van der Waals surface area contributed by atoms with Gasteiger partial charge < -0.3 is 5.11 Å². The van der Waals surface area contributed by atoms with Gasteiger partial charge in [-0.2, -0.15) is 11.8 Å². The van der Waals surface area contributed by atoms with Crippen LogP contribution in [0.25, 0.3) is 0 Å². The van der Waals surface area contributed by atoms with Crippen LogP contribution >= 0.6 is 11.8 Å². The second-order valence-corrected chi connectivity index (χ2v) is 4.53. The highest BCUT2D eigenvalue weighted by Gasteiger charge is 2.26. The van der Waals surface area contributed by atoms with E-state index in [4.69, 9.17) is 5.11 Å². The lowest BCUT2D eigenvalue weighted by Crippen LogP contribution is -2.21. The predicted octanol–water partition coefficient (Wildman–Crippen LogP) is 1.78. The van der Waals surface area contributed by atoms with Gasteiger partial charge in [-0.05, 0) is 5.56 Å². The highest BCUT2D eigenvalue weighted by atomic mass is 32.2. The summed E-state index contributed by atoms with van der Waals surface area (Å²) in [7, 11) is 0. The first-order valence-corrected chi connectivity index (χ1v) is 5.80. The molecule has 0 radical (unpaired) electrons. The molecule has 1 aromatic carbocycles. The highest BCUT2D eigenvalue weighted by molar-refractivity contribution is 8.00. The van der Waals surface area contributed by atoms with Gasteiger partial charge in [0.15, 0.2) is 0 Å². The van der Waals surface area contributed by atoms with Gasteiger partial charge in [0.1, 0.15) is 0 Å². The van der Waals surface area contributed by atoms with E-state index in [1.165, 1.54) is 0 Å². The van der Waals surface area contributed by atoms with Crippen molar-refractivity contribution >= 4 is 23.5 Å². The standard InChI is InChI=1S/C11H10O3S/c12-10(11(13)14)9-4-2-1-3-8(9)7-5-15-6-7/h1-4,7H,5-6H2,(H,13,14). The van der Waals surface area contributed by atoms with Crippen molar-refractivity contribution in [1.29, 1.82) is 0 Å². The summed E-state index contributed by atoms with van der Waals surface area (Å²) in [5, 5.41) is 8.68. The molecule has 0 unspecified atom stereocenters. The number of carbonyl (C=O) groups is 2. The van der Waals surface area contributed by atoms with Crippen LogP contribution < -0.4 is 0 Å². The van der Waals surface area contributed by atoms with Crippen LogP contribution in [0.1, 0.15) is 21.8 Å². The summed E-state index contributed by atoms with van der Waals surface area (Å²) in [5.74, 6) is 0.111. The second-order valence-electron chi connectivity index (χ2n) is 3.46. The fourth-order valence-electron chi connectivity index (χ4n) is 1.59.